The predicted molar refractivity (Wildman–Crippen MR) is 142 cm³/mol. The first-order valence-corrected chi connectivity index (χ1v) is 12.9. The first kappa shape index (κ1) is 24.9. The zero-order valence-electron chi connectivity index (χ0n) is 21.1. The summed E-state index contributed by atoms with van der Waals surface area (Å²) in [5.74, 6) is 1.49. The van der Waals surface area contributed by atoms with Crippen molar-refractivity contribution in [1.29, 1.82) is 0 Å². The lowest BCUT2D eigenvalue weighted by atomic mass is 9.89. The van der Waals surface area contributed by atoms with Crippen LogP contribution >= 0.6 is 0 Å². The lowest BCUT2D eigenvalue weighted by Gasteiger charge is -2.37. The molecule has 1 aliphatic carbocycles. The number of ether oxygens (including phenoxy) is 1. The minimum Gasteiger partial charge on any atom is -0.465 e. The topological polar surface area (TPSA) is 114 Å². The van der Waals surface area contributed by atoms with E-state index >= 15 is 0 Å². The molecule has 0 amide bonds. The number of aromatic nitrogens is 2. The standard InChI is InChI=1S/C27H32N6O4/c1-37-26(34)20-7-9-21(10-8-20)28-25-23-17-22(33(35)36)11-12-24(23)29-27(30-25)32-15-13-31(14-16-32)18-19-5-3-2-4-6-19/h7-12,17,19H,2-6,13-16,18H2,1H3,(H,28,29,30). The number of nitrogens with one attached hydrogen (secondary N) is 1. The van der Waals surface area contributed by atoms with Gasteiger partial charge in [-0.25, -0.2) is 9.78 Å². The Morgan fingerprint density at radius 1 is 1.05 bits per heavy atom. The Bertz CT molecular complexity index is 1270. The van der Waals surface area contributed by atoms with E-state index in [9.17, 15) is 14.9 Å². The number of anilines is 3. The molecular weight excluding hydrogens is 472 g/mol. The van der Waals surface area contributed by atoms with Gasteiger partial charge in [0.1, 0.15) is 5.82 Å². The van der Waals surface area contributed by atoms with Crippen LogP contribution in [0.15, 0.2) is 42.5 Å². The number of non-ortho nitro benzene ring substituents is 1. The number of esters is 1. The second kappa shape index (κ2) is 11.1. The molecule has 1 saturated carbocycles. The molecule has 37 heavy (non-hydrogen) atoms. The summed E-state index contributed by atoms with van der Waals surface area (Å²) < 4.78 is 4.77. The molecule has 0 radical (unpaired) electrons. The molecule has 2 heterocycles. The van der Waals surface area contributed by atoms with Gasteiger partial charge in [-0.05, 0) is 49.1 Å². The molecule has 1 aromatic heterocycles. The number of nitro benzene ring substituents is 1. The lowest BCUT2D eigenvalue weighted by Crippen LogP contribution is -2.48. The first-order valence-electron chi connectivity index (χ1n) is 12.9. The van der Waals surface area contributed by atoms with Crippen LogP contribution in [-0.2, 0) is 4.74 Å². The van der Waals surface area contributed by atoms with Gasteiger partial charge in [0.15, 0.2) is 0 Å². The number of carbonyl (C=O) groups is 1. The highest BCUT2D eigenvalue weighted by Gasteiger charge is 2.24. The number of nitrogens with zero attached hydrogens (tertiary/aromatic N) is 5. The number of hydrogen-bond acceptors (Lipinski definition) is 9. The third kappa shape index (κ3) is 5.80. The minimum atomic E-state index is -0.423. The van der Waals surface area contributed by atoms with Gasteiger partial charge in [0.05, 0.1) is 23.1 Å². The zero-order valence-corrected chi connectivity index (χ0v) is 21.1. The number of carbonyl (C=O) groups excluding carboxylic acids is 1. The van der Waals surface area contributed by atoms with Crippen LogP contribution in [0.5, 0.6) is 0 Å². The van der Waals surface area contributed by atoms with Crippen LogP contribution < -0.4 is 10.2 Å². The fourth-order valence-corrected chi connectivity index (χ4v) is 5.26. The number of benzene rings is 2. The van der Waals surface area contributed by atoms with Crippen molar-refractivity contribution in [1.82, 2.24) is 14.9 Å². The number of piperazine rings is 1. The van der Waals surface area contributed by atoms with E-state index in [0.29, 0.717) is 33.9 Å². The number of fused-ring (bicyclic) bond motifs is 1. The Kier molecular flexibility index (Phi) is 7.45. The van der Waals surface area contributed by atoms with Crippen LogP contribution in [0.2, 0.25) is 0 Å². The van der Waals surface area contributed by atoms with Crippen molar-refractivity contribution in [3.8, 4) is 0 Å². The fourth-order valence-electron chi connectivity index (χ4n) is 5.26. The fraction of sp³-hybridized carbons (Fsp3) is 0.444. The molecule has 5 rings (SSSR count). The van der Waals surface area contributed by atoms with E-state index in [4.69, 9.17) is 14.7 Å². The van der Waals surface area contributed by atoms with Crippen LogP contribution in [0.25, 0.3) is 10.9 Å². The highest BCUT2D eigenvalue weighted by molar-refractivity contribution is 5.94. The number of methoxy groups -OCH3 is 1. The molecule has 1 aliphatic heterocycles. The minimum absolute atomic E-state index is 0.0238. The third-order valence-electron chi connectivity index (χ3n) is 7.34. The Balaban J connectivity index is 1.38. The summed E-state index contributed by atoms with van der Waals surface area (Å²) in [5.41, 5.74) is 1.74. The van der Waals surface area contributed by atoms with Gasteiger partial charge in [-0.1, -0.05) is 19.3 Å². The first-order chi connectivity index (χ1) is 18.0. The predicted octanol–water partition coefficient (Wildman–Crippen LogP) is 4.77. The summed E-state index contributed by atoms with van der Waals surface area (Å²) >= 11 is 0. The SMILES string of the molecule is COC(=O)c1ccc(Nc2nc(N3CCN(CC4CCCCC4)CC3)nc3ccc([N+](=O)[O-])cc23)cc1. The molecule has 1 saturated heterocycles. The molecule has 10 heteroatoms. The maximum atomic E-state index is 11.8. The molecule has 0 atom stereocenters. The summed E-state index contributed by atoms with van der Waals surface area (Å²) in [6, 6.07) is 11.5. The van der Waals surface area contributed by atoms with E-state index in [1.165, 1.54) is 57.9 Å². The van der Waals surface area contributed by atoms with Gasteiger partial charge >= 0.3 is 5.97 Å². The van der Waals surface area contributed by atoms with Crippen molar-refractivity contribution in [2.45, 2.75) is 32.1 Å². The summed E-state index contributed by atoms with van der Waals surface area (Å²) in [6.07, 6.45) is 6.77. The van der Waals surface area contributed by atoms with E-state index in [1.54, 1.807) is 30.3 Å². The molecule has 1 N–H and O–H groups in total. The monoisotopic (exact) mass is 504 g/mol. The summed E-state index contributed by atoms with van der Waals surface area (Å²) in [5, 5.41) is 15.3. The van der Waals surface area contributed by atoms with Gasteiger partial charge in [-0.15, -0.1) is 0 Å². The molecule has 3 aromatic rings. The van der Waals surface area contributed by atoms with E-state index in [0.717, 1.165) is 32.1 Å². The Morgan fingerprint density at radius 2 is 1.78 bits per heavy atom. The number of nitro groups is 1. The summed E-state index contributed by atoms with van der Waals surface area (Å²) in [6.45, 7) is 4.77. The molecule has 10 nitrogen and oxygen atoms in total. The van der Waals surface area contributed by atoms with Crippen LogP contribution in [0.3, 0.4) is 0 Å². The molecule has 0 bridgehead atoms. The van der Waals surface area contributed by atoms with Crippen LogP contribution in [-0.4, -0.2) is 65.6 Å². The lowest BCUT2D eigenvalue weighted by molar-refractivity contribution is -0.384. The second-order valence-corrected chi connectivity index (χ2v) is 9.82. The van der Waals surface area contributed by atoms with Crippen molar-refractivity contribution in [3.63, 3.8) is 0 Å². The van der Waals surface area contributed by atoms with Crippen molar-refractivity contribution >= 4 is 40.0 Å². The van der Waals surface area contributed by atoms with E-state index in [2.05, 4.69) is 15.1 Å². The largest absolute Gasteiger partial charge is 0.465 e. The molecular formula is C27H32N6O4. The van der Waals surface area contributed by atoms with Gasteiger partial charge in [-0.3, -0.25) is 15.0 Å². The van der Waals surface area contributed by atoms with Gasteiger partial charge in [0, 0.05) is 55.9 Å². The maximum absolute atomic E-state index is 11.8. The van der Waals surface area contributed by atoms with Crippen LogP contribution in [0.4, 0.5) is 23.1 Å². The van der Waals surface area contributed by atoms with Gasteiger partial charge < -0.3 is 15.0 Å². The van der Waals surface area contributed by atoms with Crippen molar-refractivity contribution in [2.24, 2.45) is 5.92 Å². The number of hydrogen-bond donors (Lipinski definition) is 1. The van der Waals surface area contributed by atoms with Gasteiger partial charge in [0.25, 0.3) is 5.69 Å². The van der Waals surface area contributed by atoms with Gasteiger partial charge in [-0.2, -0.15) is 4.98 Å². The molecule has 194 valence electrons. The van der Waals surface area contributed by atoms with Gasteiger partial charge in [0.2, 0.25) is 5.95 Å². The van der Waals surface area contributed by atoms with Crippen LogP contribution in [0.1, 0.15) is 42.5 Å². The molecule has 2 aromatic carbocycles. The third-order valence-corrected chi connectivity index (χ3v) is 7.34. The Morgan fingerprint density at radius 3 is 2.46 bits per heavy atom. The number of rotatable bonds is 7. The van der Waals surface area contributed by atoms with Crippen molar-refractivity contribution < 1.29 is 14.5 Å². The summed E-state index contributed by atoms with van der Waals surface area (Å²) in [7, 11) is 1.34. The van der Waals surface area contributed by atoms with E-state index in [-0.39, 0.29) is 5.69 Å². The highest BCUT2D eigenvalue weighted by atomic mass is 16.6. The summed E-state index contributed by atoms with van der Waals surface area (Å²) in [4.78, 5) is 37.1. The highest BCUT2D eigenvalue weighted by Crippen LogP contribution is 2.30. The smallest absolute Gasteiger partial charge is 0.337 e. The molecule has 2 aliphatic rings. The van der Waals surface area contributed by atoms with E-state index < -0.39 is 10.9 Å². The Hall–Kier alpha value is -3.79. The Labute approximate surface area is 215 Å². The second-order valence-electron chi connectivity index (χ2n) is 9.82. The quantitative estimate of drug-likeness (QED) is 0.276. The molecule has 2 fully saturated rings. The molecule has 0 unspecified atom stereocenters. The van der Waals surface area contributed by atoms with E-state index in [1.807, 2.05) is 0 Å². The average Bonchev–Trinajstić information content (AvgIpc) is 2.93. The van der Waals surface area contributed by atoms with Crippen molar-refractivity contribution in [3.05, 3.63) is 58.1 Å². The van der Waals surface area contributed by atoms with Crippen LogP contribution in [0, 0.1) is 16.0 Å². The zero-order chi connectivity index (χ0) is 25.8. The van der Waals surface area contributed by atoms with Crippen molar-refractivity contribution in [2.75, 3.05) is 50.1 Å². The maximum Gasteiger partial charge on any atom is 0.337 e. The molecule has 0 spiro atoms. The average molecular weight is 505 g/mol. The normalized spacial score (nSPS) is 17.1.